The lowest BCUT2D eigenvalue weighted by Crippen LogP contribution is -2.29. The summed E-state index contributed by atoms with van der Waals surface area (Å²) in [7, 11) is -1.31. The lowest BCUT2D eigenvalue weighted by molar-refractivity contribution is 0.0697. The van der Waals surface area contributed by atoms with E-state index < -0.39 is 21.9 Å². The maximum Gasteiger partial charge on any atom is 0.337 e. The number of halogens is 2. The Morgan fingerprint density at radius 3 is 2.36 bits per heavy atom. The van der Waals surface area contributed by atoms with Gasteiger partial charge >= 0.3 is 5.97 Å². The topological polar surface area (TPSA) is 122 Å². The van der Waals surface area contributed by atoms with Crippen molar-refractivity contribution in [2.45, 2.75) is 11.3 Å². The molecule has 36 heavy (non-hydrogen) atoms. The van der Waals surface area contributed by atoms with Gasteiger partial charge in [-0.05, 0) is 55.0 Å². The van der Waals surface area contributed by atoms with E-state index >= 15 is 0 Å². The molecule has 3 aromatic carbocycles. The van der Waals surface area contributed by atoms with Crippen molar-refractivity contribution in [1.29, 1.82) is 0 Å². The number of fused-ring (bicyclic) bond motifs is 1. The summed E-state index contributed by atoms with van der Waals surface area (Å²) < 4.78 is 39.1. The predicted octanol–water partition coefficient (Wildman–Crippen LogP) is 4.71. The van der Waals surface area contributed by atoms with E-state index in [9.17, 15) is 18.0 Å². The summed E-state index contributed by atoms with van der Waals surface area (Å²) in [5, 5.41) is 12.0. The molecule has 1 heterocycles. The Hall–Kier alpha value is -3.47. The predicted molar refractivity (Wildman–Crippen MR) is 136 cm³/mol. The number of carboxylic acids is 1. The van der Waals surface area contributed by atoms with Gasteiger partial charge in [0.15, 0.2) is 0 Å². The van der Waals surface area contributed by atoms with Crippen molar-refractivity contribution in [3.8, 4) is 11.5 Å². The molecule has 3 aromatic rings. The van der Waals surface area contributed by atoms with Crippen LogP contribution in [-0.4, -0.2) is 46.2 Å². The van der Waals surface area contributed by atoms with E-state index in [1.165, 1.54) is 67.1 Å². The second-order valence-electron chi connectivity index (χ2n) is 7.75. The van der Waals surface area contributed by atoms with Crippen molar-refractivity contribution in [1.82, 2.24) is 0 Å². The Bertz CT molecular complexity index is 1490. The Kier molecular flexibility index (Phi) is 7.03. The number of nitrogens with zero attached hydrogens (tertiary/aromatic N) is 1. The highest BCUT2D eigenvalue weighted by atomic mass is 35.5. The van der Waals surface area contributed by atoms with Crippen LogP contribution in [0.25, 0.3) is 0 Å². The second kappa shape index (κ2) is 9.88. The number of benzene rings is 3. The highest BCUT2D eigenvalue weighted by molar-refractivity contribution is 7.93. The molecule has 1 aliphatic heterocycles. The Balaban J connectivity index is 1.73. The summed E-state index contributed by atoms with van der Waals surface area (Å²) >= 11 is 12.1. The van der Waals surface area contributed by atoms with Gasteiger partial charge in [-0.25, -0.2) is 13.2 Å². The second-order valence-corrected chi connectivity index (χ2v) is 10.4. The Morgan fingerprint density at radius 2 is 1.72 bits per heavy atom. The number of sulfonamides is 1. The summed E-state index contributed by atoms with van der Waals surface area (Å²) in [4.78, 5) is 24.1. The number of hydrogen-bond donors (Lipinski definition) is 2. The number of hydrogen-bond acceptors (Lipinski definition) is 6. The van der Waals surface area contributed by atoms with E-state index in [0.717, 1.165) is 0 Å². The number of rotatable bonds is 7. The lowest BCUT2D eigenvalue weighted by Gasteiger charge is -2.22. The fraction of sp³-hybridized carbons (Fsp3) is 0.167. The van der Waals surface area contributed by atoms with Crippen LogP contribution in [0, 0.1) is 0 Å². The molecule has 0 spiro atoms. The molecule has 1 amide bonds. The number of anilines is 2. The quantitative estimate of drug-likeness (QED) is 0.436. The van der Waals surface area contributed by atoms with Gasteiger partial charge in [-0.15, -0.1) is 0 Å². The third kappa shape index (κ3) is 4.67. The summed E-state index contributed by atoms with van der Waals surface area (Å²) in [5.41, 5.74) is 1.21. The van der Waals surface area contributed by atoms with Crippen LogP contribution in [0.5, 0.6) is 11.5 Å². The maximum absolute atomic E-state index is 13.6. The number of ether oxygens (including phenoxy) is 2. The standard InChI is InChI=1S/C24H20Cl2N2O7S/c1-34-20-6-3-14(25)11-22(20)36(32,33)28-8-7-17-19(28)9-13(10-21(17)35-2)23(29)27-15-4-5-16(24(30)31)18(26)12-15/h3-6,9-12H,7-8H2,1-2H3,(H,27,29)(H,30,31). The van der Waals surface area contributed by atoms with Gasteiger partial charge in [0, 0.05) is 28.4 Å². The van der Waals surface area contributed by atoms with Gasteiger partial charge in [-0.1, -0.05) is 23.2 Å². The van der Waals surface area contributed by atoms with Crippen LogP contribution in [0.1, 0.15) is 26.3 Å². The average Bonchev–Trinajstić information content (AvgIpc) is 3.28. The van der Waals surface area contributed by atoms with E-state index in [0.29, 0.717) is 23.4 Å². The van der Waals surface area contributed by atoms with Gasteiger partial charge in [-0.3, -0.25) is 9.10 Å². The molecule has 1 aliphatic rings. The zero-order valence-corrected chi connectivity index (χ0v) is 21.4. The number of nitrogens with one attached hydrogen (secondary N) is 1. The highest BCUT2D eigenvalue weighted by Crippen LogP contribution is 2.41. The first kappa shape index (κ1) is 25.6. The molecule has 0 atom stereocenters. The fourth-order valence-electron chi connectivity index (χ4n) is 3.94. The molecule has 0 aromatic heterocycles. The zero-order valence-electron chi connectivity index (χ0n) is 19.0. The van der Waals surface area contributed by atoms with Gasteiger partial charge < -0.3 is 19.9 Å². The molecule has 12 heteroatoms. The normalized spacial score (nSPS) is 12.7. The smallest absolute Gasteiger partial charge is 0.337 e. The number of carbonyl (C=O) groups is 2. The van der Waals surface area contributed by atoms with Crippen LogP contribution in [0.3, 0.4) is 0 Å². The first-order valence-corrected chi connectivity index (χ1v) is 12.7. The van der Waals surface area contributed by atoms with Crippen LogP contribution < -0.4 is 19.1 Å². The minimum atomic E-state index is -4.10. The van der Waals surface area contributed by atoms with Crippen LogP contribution in [0.15, 0.2) is 53.4 Å². The molecular weight excluding hydrogens is 531 g/mol. The molecule has 188 valence electrons. The van der Waals surface area contributed by atoms with Crippen molar-refractivity contribution in [2.24, 2.45) is 0 Å². The van der Waals surface area contributed by atoms with Crippen molar-refractivity contribution in [2.75, 3.05) is 30.4 Å². The number of carboxylic acid groups (broad SMARTS) is 1. The van der Waals surface area contributed by atoms with Crippen LogP contribution in [-0.2, 0) is 16.4 Å². The molecular formula is C24H20Cl2N2O7S. The molecule has 9 nitrogen and oxygen atoms in total. The zero-order chi connectivity index (χ0) is 26.2. The van der Waals surface area contributed by atoms with Gasteiger partial charge in [-0.2, -0.15) is 0 Å². The van der Waals surface area contributed by atoms with Crippen LogP contribution >= 0.6 is 23.2 Å². The van der Waals surface area contributed by atoms with Gasteiger partial charge in [0.05, 0.1) is 30.5 Å². The van der Waals surface area contributed by atoms with E-state index in [1.807, 2.05) is 0 Å². The molecule has 0 aliphatic carbocycles. The molecule has 0 saturated heterocycles. The SMILES string of the molecule is COc1ccc(Cl)cc1S(=O)(=O)N1CCc2c(OC)cc(C(=O)Nc3ccc(C(=O)O)c(Cl)c3)cc21. The monoisotopic (exact) mass is 550 g/mol. The van der Waals surface area contributed by atoms with Crippen molar-refractivity contribution in [3.05, 3.63) is 75.3 Å². The molecule has 0 fully saturated rings. The Labute approximate surface area is 217 Å². The third-order valence-corrected chi connectivity index (χ3v) is 8.03. The van der Waals surface area contributed by atoms with Crippen molar-refractivity contribution < 1.29 is 32.6 Å². The van der Waals surface area contributed by atoms with Crippen molar-refractivity contribution >= 4 is 56.5 Å². The summed E-state index contributed by atoms with van der Waals surface area (Å²) in [6.07, 6.45) is 0.370. The third-order valence-electron chi connectivity index (χ3n) is 5.65. The maximum atomic E-state index is 13.6. The molecule has 4 rings (SSSR count). The van der Waals surface area contributed by atoms with Gasteiger partial charge in [0.1, 0.15) is 16.4 Å². The molecule has 2 N–H and O–H groups in total. The fourth-order valence-corrected chi connectivity index (χ4v) is 6.11. The molecule has 0 radical (unpaired) electrons. The number of methoxy groups -OCH3 is 2. The average molecular weight is 551 g/mol. The van der Waals surface area contributed by atoms with Gasteiger partial charge in [0.2, 0.25) is 0 Å². The minimum absolute atomic E-state index is 0.0421. The van der Waals surface area contributed by atoms with E-state index in [2.05, 4.69) is 5.32 Å². The van der Waals surface area contributed by atoms with Gasteiger partial charge in [0.25, 0.3) is 15.9 Å². The van der Waals surface area contributed by atoms with Crippen molar-refractivity contribution in [3.63, 3.8) is 0 Å². The van der Waals surface area contributed by atoms with E-state index in [4.69, 9.17) is 37.8 Å². The largest absolute Gasteiger partial charge is 0.496 e. The van der Waals surface area contributed by atoms with E-state index in [-0.39, 0.29) is 44.0 Å². The molecule has 0 unspecified atom stereocenters. The number of amides is 1. The highest BCUT2D eigenvalue weighted by Gasteiger charge is 2.35. The molecule has 0 bridgehead atoms. The number of carbonyl (C=O) groups excluding carboxylic acids is 1. The lowest BCUT2D eigenvalue weighted by atomic mass is 10.1. The summed E-state index contributed by atoms with van der Waals surface area (Å²) in [6.45, 7) is 0.126. The molecule has 0 saturated carbocycles. The van der Waals surface area contributed by atoms with Crippen LogP contribution in [0.2, 0.25) is 10.0 Å². The van der Waals surface area contributed by atoms with E-state index in [1.54, 1.807) is 0 Å². The first-order chi connectivity index (χ1) is 17.1. The van der Waals surface area contributed by atoms with Crippen LogP contribution in [0.4, 0.5) is 11.4 Å². The summed E-state index contributed by atoms with van der Waals surface area (Å²) in [6, 6.07) is 11.3. The Morgan fingerprint density at radius 1 is 1.00 bits per heavy atom. The first-order valence-electron chi connectivity index (χ1n) is 10.5. The minimum Gasteiger partial charge on any atom is -0.496 e. The number of aromatic carboxylic acids is 1. The summed E-state index contributed by atoms with van der Waals surface area (Å²) in [5.74, 6) is -1.28.